The van der Waals surface area contributed by atoms with Gasteiger partial charge in [-0.25, -0.2) is 9.20 Å². The summed E-state index contributed by atoms with van der Waals surface area (Å²) in [4.78, 5) is 4.39. The SMILES string of the molecule is COc1nc(NCC(C)(C)C#N)nn2ccc(-c3ccc4nnn([C@@H](C)C(F)(F)F)c4c3)c12. The molecule has 0 saturated heterocycles. The molecule has 1 N–H and O–H groups in total. The average molecular weight is 458 g/mol. The molecule has 0 bridgehead atoms. The third kappa shape index (κ3) is 4.13. The number of rotatable bonds is 6. The summed E-state index contributed by atoms with van der Waals surface area (Å²) in [6.45, 7) is 4.95. The first-order chi connectivity index (χ1) is 15.5. The van der Waals surface area contributed by atoms with Crippen molar-refractivity contribution in [2.75, 3.05) is 19.0 Å². The molecule has 1 aromatic carbocycles. The summed E-state index contributed by atoms with van der Waals surface area (Å²) >= 11 is 0. The summed E-state index contributed by atoms with van der Waals surface area (Å²) in [5.74, 6) is 0.555. The molecule has 0 amide bonds. The normalized spacial score (nSPS) is 13.3. The lowest BCUT2D eigenvalue weighted by molar-refractivity contribution is -0.164. The van der Waals surface area contributed by atoms with Crippen molar-refractivity contribution >= 4 is 22.5 Å². The van der Waals surface area contributed by atoms with E-state index < -0.39 is 17.6 Å². The minimum absolute atomic E-state index is 0.258. The van der Waals surface area contributed by atoms with Crippen molar-refractivity contribution in [1.29, 1.82) is 5.26 Å². The van der Waals surface area contributed by atoms with Gasteiger partial charge in [0.15, 0.2) is 0 Å². The number of nitrogens with one attached hydrogen (secondary N) is 1. The van der Waals surface area contributed by atoms with Crippen LogP contribution in [0.3, 0.4) is 0 Å². The number of hydrogen-bond acceptors (Lipinski definition) is 7. The van der Waals surface area contributed by atoms with Crippen LogP contribution in [0.1, 0.15) is 26.8 Å². The van der Waals surface area contributed by atoms with Crippen LogP contribution in [-0.2, 0) is 0 Å². The zero-order chi connectivity index (χ0) is 24.0. The third-order valence-corrected chi connectivity index (χ3v) is 5.29. The highest BCUT2D eigenvalue weighted by atomic mass is 19.4. The maximum Gasteiger partial charge on any atom is 0.410 e. The number of benzene rings is 1. The number of methoxy groups -OCH3 is 1. The van der Waals surface area contributed by atoms with Gasteiger partial charge in [0.2, 0.25) is 11.8 Å². The number of fused-ring (bicyclic) bond motifs is 2. The minimum atomic E-state index is -4.46. The van der Waals surface area contributed by atoms with Crippen LogP contribution < -0.4 is 10.1 Å². The number of aromatic nitrogens is 6. The lowest BCUT2D eigenvalue weighted by atomic mass is 9.96. The van der Waals surface area contributed by atoms with Crippen molar-refractivity contribution in [3.05, 3.63) is 30.5 Å². The van der Waals surface area contributed by atoms with Gasteiger partial charge in [0.1, 0.15) is 17.1 Å². The lowest BCUT2D eigenvalue weighted by Crippen LogP contribution is -2.24. The zero-order valence-electron chi connectivity index (χ0n) is 18.3. The second kappa shape index (κ2) is 7.91. The maximum absolute atomic E-state index is 13.3. The number of anilines is 1. The molecule has 3 heterocycles. The van der Waals surface area contributed by atoms with Crippen LogP contribution in [0.4, 0.5) is 19.1 Å². The van der Waals surface area contributed by atoms with Gasteiger partial charge in [-0.05, 0) is 44.5 Å². The molecule has 0 aliphatic rings. The smallest absolute Gasteiger partial charge is 0.410 e. The Hall–Kier alpha value is -3.88. The average Bonchev–Trinajstić information content (AvgIpc) is 3.39. The Labute approximate surface area is 186 Å². The molecule has 4 rings (SSSR count). The number of nitriles is 1. The number of alkyl halides is 3. The van der Waals surface area contributed by atoms with Crippen LogP contribution in [0.15, 0.2) is 30.5 Å². The first-order valence-corrected chi connectivity index (χ1v) is 10.0. The van der Waals surface area contributed by atoms with E-state index >= 15 is 0 Å². The van der Waals surface area contributed by atoms with Crippen LogP contribution in [-0.4, -0.2) is 49.4 Å². The van der Waals surface area contributed by atoms with E-state index in [-0.39, 0.29) is 17.3 Å². The monoisotopic (exact) mass is 458 g/mol. The van der Waals surface area contributed by atoms with E-state index in [0.29, 0.717) is 28.7 Å². The third-order valence-electron chi connectivity index (χ3n) is 5.29. The molecule has 0 aliphatic carbocycles. The van der Waals surface area contributed by atoms with E-state index in [1.807, 2.05) is 0 Å². The molecule has 3 aromatic heterocycles. The molecule has 9 nitrogen and oxygen atoms in total. The molecule has 0 radical (unpaired) electrons. The molecule has 4 aromatic rings. The van der Waals surface area contributed by atoms with Gasteiger partial charge >= 0.3 is 6.18 Å². The van der Waals surface area contributed by atoms with Gasteiger partial charge in [0.05, 0.1) is 24.1 Å². The van der Waals surface area contributed by atoms with Crippen LogP contribution in [0.5, 0.6) is 5.88 Å². The van der Waals surface area contributed by atoms with Crippen molar-refractivity contribution in [3.63, 3.8) is 0 Å². The topological polar surface area (TPSA) is 106 Å². The van der Waals surface area contributed by atoms with Crippen molar-refractivity contribution in [3.8, 4) is 23.1 Å². The van der Waals surface area contributed by atoms with Crippen molar-refractivity contribution in [1.82, 2.24) is 29.6 Å². The Morgan fingerprint density at radius 3 is 2.67 bits per heavy atom. The molecular formula is C21H21F3N8O. The predicted molar refractivity (Wildman–Crippen MR) is 115 cm³/mol. The van der Waals surface area contributed by atoms with Gasteiger partial charge in [-0.2, -0.15) is 23.4 Å². The quantitative estimate of drug-likeness (QED) is 0.461. The number of ether oxygens (including phenoxy) is 1. The van der Waals surface area contributed by atoms with Crippen molar-refractivity contribution in [2.45, 2.75) is 33.0 Å². The Bertz CT molecular complexity index is 1370. The zero-order valence-corrected chi connectivity index (χ0v) is 18.3. The number of nitrogens with zero attached hydrogens (tertiary/aromatic N) is 7. The molecule has 0 unspecified atom stereocenters. The minimum Gasteiger partial charge on any atom is -0.479 e. The fraction of sp³-hybridized carbons (Fsp3) is 0.381. The summed E-state index contributed by atoms with van der Waals surface area (Å²) in [5.41, 5.74) is 1.85. The van der Waals surface area contributed by atoms with Gasteiger partial charge in [0.25, 0.3) is 0 Å². The molecule has 172 valence electrons. The summed E-state index contributed by atoms with van der Waals surface area (Å²) in [6, 6.07) is 7.12. The molecule has 33 heavy (non-hydrogen) atoms. The predicted octanol–water partition coefficient (Wildman–Crippen LogP) is 4.23. The first kappa shape index (κ1) is 22.3. The molecule has 0 aliphatic heterocycles. The fourth-order valence-corrected chi connectivity index (χ4v) is 3.31. The molecule has 12 heteroatoms. The highest BCUT2D eigenvalue weighted by Crippen LogP contribution is 2.35. The Morgan fingerprint density at radius 1 is 1.24 bits per heavy atom. The van der Waals surface area contributed by atoms with E-state index in [2.05, 4.69) is 31.8 Å². The summed E-state index contributed by atoms with van der Waals surface area (Å²) in [6.07, 6.45) is -2.76. The molecule has 0 spiro atoms. The van der Waals surface area contributed by atoms with Crippen molar-refractivity contribution < 1.29 is 17.9 Å². The van der Waals surface area contributed by atoms with Gasteiger partial charge in [-0.3, -0.25) is 0 Å². The largest absolute Gasteiger partial charge is 0.479 e. The van der Waals surface area contributed by atoms with Gasteiger partial charge in [0, 0.05) is 18.3 Å². The molecule has 1 atom stereocenters. The van der Waals surface area contributed by atoms with Crippen LogP contribution >= 0.6 is 0 Å². The van der Waals surface area contributed by atoms with Gasteiger partial charge < -0.3 is 10.1 Å². The second-order valence-electron chi connectivity index (χ2n) is 8.27. The standard InChI is InChI=1S/C21H21F3N8O/c1-12(21(22,23)24)32-16-9-13(5-6-15(16)28-30-32)14-7-8-31-17(14)18(33-4)27-19(29-31)26-11-20(2,3)10-25/h5-9,12H,11H2,1-4H3,(H,26,29)/t12-/m0/s1. The second-order valence-corrected chi connectivity index (χ2v) is 8.27. The highest BCUT2D eigenvalue weighted by Gasteiger charge is 2.39. The van der Waals surface area contributed by atoms with E-state index in [9.17, 15) is 18.4 Å². The number of halogens is 3. The fourth-order valence-electron chi connectivity index (χ4n) is 3.31. The van der Waals surface area contributed by atoms with E-state index in [1.54, 1.807) is 48.8 Å². The lowest BCUT2D eigenvalue weighted by Gasteiger charge is -2.16. The molecule has 0 saturated carbocycles. The molecule has 0 fully saturated rings. The van der Waals surface area contributed by atoms with E-state index in [0.717, 1.165) is 11.6 Å². The van der Waals surface area contributed by atoms with Crippen LogP contribution in [0.2, 0.25) is 0 Å². The summed E-state index contributed by atoms with van der Waals surface area (Å²) in [5, 5.41) is 24.2. The van der Waals surface area contributed by atoms with E-state index in [4.69, 9.17) is 4.74 Å². The Balaban J connectivity index is 1.78. The summed E-state index contributed by atoms with van der Waals surface area (Å²) in [7, 11) is 1.47. The Morgan fingerprint density at radius 2 is 2.00 bits per heavy atom. The van der Waals surface area contributed by atoms with Crippen LogP contribution in [0, 0.1) is 16.7 Å². The van der Waals surface area contributed by atoms with Gasteiger partial charge in [-0.1, -0.05) is 11.3 Å². The first-order valence-electron chi connectivity index (χ1n) is 10.0. The highest BCUT2D eigenvalue weighted by molar-refractivity contribution is 5.89. The van der Waals surface area contributed by atoms with E-state index in [1.165, 1.54) is 7.11 Å². The van der Waals surface area contributed by atoms with Crippen LogP contribution in [0.25, 0.3) is 27.7 Å². The van der Waals surface area contributed by atoms with Gasteiger partial charge in [-0.15, -0.1) is 10.2 Å². The molecular weight excluding hydrogens is 437 g/mol. The number of hydrogen-bond donors (Lipinski definition) is 1. The summed E-state index contributed by atoms with van der Waals surface area (Å²) < 4.78 is 47.7. The Kier molecular flexibility index (Phi) is 5.35. The van der Waals surface area contributed by atoms with Crippen molar-refractivity contribution in [2.24, 2.45) is 5.41 Å². The maximum atomic E-state index is 13.3.